The van der Waals surface area contributed by atoms with Crippen molar-refractivity contribution < 1.29 is 9.53 Å². The molecule has 0 aliphatic carbocycles. The molecule has 1 aliphatic rings. The number of morpholine rings is 1. The van der Waals surface area contributed by atoms with Crippen molar-refractivity contribution in [1.29, 1.82) is 0 Å². The van der Waals surface area contributed by atoms with Crippen LogP contribution < -0.4 is 5.73 Å². The normalized spacial score (nSPS) is 23.3. The first-order valence-electron chi connectivity index (χ1n) is 5.85. The predicted molar refractivity (Wildman–Crippen MR) is 65.4 cm³/mol. The fourth-order valence-electron chi connectivity index (χ4n) is 2.27. The van der Waals surface area contributed by atoms with Crippen LogP contribution in [-0.2, 0) is 9.53 Å². The van der Waals surface area contributed by atoms with E-state index < -0.39 is 0 Å². The number of nitrogens with two attached hydrogens (primary N) is 1. The molecule has 0 amide bonds. The Morgan fingerprint density at radius 1 is 1.47 bits per heavy atom. The number of hydrogen-bond donors (Lipinski definition) is 1. The van der Waals surface area contributed by atoms with Crippen molar-refractivity contribution >= 4 is 5.78 Å². The third-order valence-corrected chi connectivity index (χ3v) is 2.99. The Labute approximate surface area is 101 Å². The van der Waals surface area contributed by atoms with Crippen LogP contribution in [0.2, 0.25) is 0 Å². The quantitative estimate of drug-likeness (QED) is 0.845. The molecule has 1 aromatic carbocycles. The van der Waals surface area contributed by atoms with E-state index in [4.69, 9.17) is 10.5 Å². The summed E-state index contributed by atoms with van der Waals surface area (Å²) in [5.74, 6) is 0.144. The summed E-state index contributed by atoms with van der Waals surface area (Å²) in [7, 11) is 0. The maximum atomic E-state index is 11.8. The van der Waals surface area contributed by atoms with Gasteiger partial charge in [0.05, 0.1) is 12.6 Å². The average molecular weight is 234 g/mol. The van der Waals surface area contributed by atoms with Gasteiger partial charge in [-0.15, -0.1) is 0 Å². The lowest BCUT2D eigenvalue weighted by Gasteiger charge is -2.36. The first kappa shape index (κ1) is 12.2. The van der Waals surface area contributed by atoms with Crippen molar-refractivity contribution in [2.75, 3.05) is 19.7 Å². The monoisotopic (exact) mass is 234 g/mol. The zero-order valence-electron chi connectivity index (χ0n) is 10.0. The zero-order chi connectivity index (χ0) is 12.3. The summed E-state index contributed by atoms with van der Waals surface area (Å²) in [5.41, 5.74) is 6.79. The molecule has 0 bridgehead atoms. The molecule has 4 heteroatoms. The number of carbonyl (C=O) groups excluding carboxylic acids is 1. The summed E-state index contributed by atoms with van der Waals surface area (Å²) >= 11 is 0. The average Bonchev–Trinajstić information content (AvgIpc) is 2.30. The summed E-state index contributed by atoms with van der Waals surface area (Å²) in [4.78, 5) is 13.9. The Bertz CT molecular complexity index is 380. The van der Waals surface area contributed by atoms with E-state index in [2.05, 4.69) is 4.90 Å². The summed E-state index contributed by atoms with van der Waals surface area (Å²) in [6.07, 6.45) is -0.297. The van der Waals surface area contributed by atoms with Gasteiger partial charge in [-0.3, -0.25) is 9.69 Å². The summed E-state index contributed by atoms with van der Waals surface area (Å²) in [6.45, 7) is 3.54. The second kappa shape index (κ2) is 5.40. The molecule has 1 saturated heterocycles. The molecular weight excluding hydrogens is 216 g/mol. The van der Waals surface area contributed by atoms with Gasteiger partial charge < -0.3 is 10.5 Å². The van der Waals surface area contributed by atoms with Gasteiger partial charge in [-0.2, -0.15) is 0 Å². The molecule has 1 fully saturated rings. The van der Waals surface area contributed by atoms with Gasteiger partial charge in [0.2, 0.25) is 0 Å². The van der Waals surface area contributed by atoms with Crippen LogP contribution in [0.1, 0.15) is 18.5 Å². The van der Waals surface area contributed by atoms with Crippen LogP contribution in [0.3, 0.4) is 0 Å². The lowest BCUT2D eigenvalue weighted by molar-refractivity contribution is -0.125. The van der Waals surface area contributed by atoms with Crippen LogP contribution in [0, 0.1) is 0 Å². The molecule has 0 radical (unpaired) electrons. The Balaban J connectivity index is 2.20. The molecule has 0 spiro atoms. The van der Waals surface area contributed by atoms with Crippen LogP contribution in [0.4, 0.5) is 0 Å². The highest BCUT2D eigenvalue weighted by Crippen LogP contribution is 2.23. The van der Waals surface area contributed by atoms with Crippen LogP contribution in [0.15, 0.2) is 30.3 Å². The molecule has 0 saturated carbocycles. The van der Waals surface area contributed by atoms with Gasteiger partial charge in [-0.25, -0.2) is 0 Å². The van der Waals surface area contributed by atoms with E-state index in [9.17, 15) is 4.79 Å². The topological polar surface area (TPSA) is 55.6 Å². The molecule has 92 valence electrons. The van der Waals surface area contributed by atoms with Crippen molar-refractivity contribution in [2.45, 2.75) is 19.2 Å². The van der Waals surface area contributed by atoms with E-state index in [1.807, 2.05) is 30.3 Å². The van der Waals surface area contributed by atoms with E-state index in [1.165, 1.54) is 0 Å². The van der Waals surface area contributed by atoms with E-state index in [0.717, 1.165) is 12.1 Å². The number of Topliss-reactive ketones (excluding diaryl/α,β-unsaturated/α-hetero) is 1. The maximum absolute atomic E-state index is 11.8. The molecule has 1 heterocycles. The smallest absolute Gasteiger partial charge is 0.151 e. The highest BCUT2D eigenvalue weighted by Gasteiger charge is 2.28. The number of benzene rings is 1. The zero-order valence-corrected chi connectivity index (χ0v) is 10.0. The summed E-state index contributed by atoms with van der Waals surface area (Å²) < 4.78 is 5.30. The van der Waals surface area contributed by atoms with Crippen molar-refractivity contribution in [3.63, 3.8) is 0 Å². The second-order valence-corrected chi connectivity index (χ2v) is 4.33. The maximum Gasteiger partial charge on any atom is 0.151 e. The molecule has 0 aromatic heterocycles. The van der Waals surface area contributed by atoms with Crippen LogP contribution in [0.5, 0.6) is 0 Å². The van der Waals surface area contributed by atoms with Gasteiger partial charge in [0.25, 0.3) is 0 Å². The number of hydrogen-bond acceptors (Lipinski definition) is 4. The first-order valence-corrected chi connectivity index (χ1v) is 5.85. The molecule has 1 aliphatic heterocycles. The van der Waals surface area contributed by atoms with Gasteiger partial charge in [0, 0.05) is 13.1 Å². The van der Waals surface area contributed by atoms with Gasteiger partial charge in [-0.1, -0.05) is 30.3 Å². The predicted octanol–water partition coefficient (Wildman–Crippen LogP) is 0.934. The summed E-state index contributed by atoms with van der Waals surface area (Å²) in [5, 5.41) is 0. The largest absolute Gasteiger partial charge is 0.361 e. The first-order chi connectivity index (χ1) is 8.18. The lowest BCUT2D eigenvalue weighted by Crippen LogP contribution is -2.49. The number of carbonyl (C=O) groups is 1. The summed E-state index contributed by atoms with van der Waals surface area (Å²) in [6, 6.07) is 9.61. The lowest BCUT2D eigenvalue weighted by atomic mass is 10.0. The third kappa shape index (κ3) is 2.91. The molecule has 4 nitrogen and oxygen atoms in total. The van der Waals surface area contributed by atoms with Crippen molar-refractivity contribution in [3.05, 3.63) is 35.9 Å². The number of ether oxygens (including phenoxy) is 1. The van der Waals surface area contributed by atoms with E-state index in [0.29, 0.717) is 13.2 Å². The van der Waals surface area contributed by atoms with E-state index in [1.54, 1.807) is 6.92 Å². The SMILES string of the molecule is CC(=O)[C@H](c1ccccc1)N1CCOC(N)C1. The fourth-order valence-corrected chi connectivity index (χ4v) is 2.27. The molecular formula is C13H18N2O2. The molecule has 1 aromatic rings. The van der Waals surface area contributed by atoms with Crippen molar-refractivity contribution in [1.82, 2.24) is 4.90 Å². The number of rotatable bonds is 3. The van der Waals surface area contributed by atoms with Gasteiger partial charge in [-0.05, 0) is 12.5 Å². The molecule has 1 unspecified atom stereocenters. The fraction of sp³-hybridized carbons (Fsp3) is 0.462. The van der Waals surface area contributed by atoms with Crippen LogP contribution >= 0.6 is 0 Å². The molecule has 2 atom stereocenters. The standard InChI is InChI=1S/C13H18N2O2/c1-10(16)13(11-5-3-2-4-6-11)15-7-8-17-12(14)9-15/h2-6,12-13H,7-9,14H2,1H3/t12?,13-/m1/s1. The Kier molecular flexibility index (Phi) is 3.89. The van der Waals surface area contributed by atoms with Gasteiger partial charge in [0.15, 0.2) is 5.78 Å². The van der Waals surface area contributed by atoms with Crippen LogP contribution in [0.25, 0.3) is 0 Å². The van der Waals surface area contributed by atoms with Crippen LogP contribution in [-0.4, -0.2) is 36.6 Å². The van der Waals surface area contributed by atoms with Crippen molar-refractivity contribution in [2.24, 2.45) is 5.73 Å². The molecule has 17 heavy (non-hydrogen) atoms. The minimum Gasteiger partial charge on any atom is -0.361 e. The Morgan fingerprint density at radius 2 is 2.18 bits per heavy atom. The van der Waals surface area contributed by atoms with E-state index >= 15 is 0 Å². The third-order valence-electron chi connectivity index (χ3n) is 2.99. The molecule has 2 rings (SSSR count). The highest BCUT2D eigenvalue weighted by atomic mass is 16.5. The Hall–Kier alpha value is -1.23. The van der Waals surface area contributed by atoms with Gasteiger partial charge >= 0.3 is 0 Å². The van der Waals surface area contributed by atoms with Crippen molar-refractivity contribution in [3.8, 4) is 0 Å². The van der Waals surface area contributed by atoms with Gasteiger partial charge in [0.1, 0.15) is 6.23 Å². The highest BCUT2D eigenvalue weighted by molar-refractivity contribution is 5.82. The van der Waals surface area contributed by atoms with E-state index in [-0.39, 0.29) is 18.1 Å². The minimum atomic E-state index is -0.297. The molecule has 2 N–H and O–H groups in total. The number of ketones is 1. The Morgan fingerprint density at radius 3 is 2.76 bits per heavy atom. The second-order valence-electron chi connectivity index (χ2n) is 4.33. The number of nitrogens with zero attached hydrogens (tertiary/aromatic N) is 1. The minimum absolute atomic E-state index is 0.144.